The molecule has 2 rings (SSSR count). The first-order valence-corrected chi connectivity index (χ1v) is 5.93. The third kappa shape index (κ3) is 3.36. The molecule has 0 aliphatic rings. The number of rotatable bonds is 3. The number of ketones is 1. The number of halogens is 1. The van der Waals surface area contributed by atoms with Crippen molar-refractivity contribution < 1.29 is 4.79 Å². The molecule has 1 heterocycles. The van der Waals surface area contributed by atoms with E-state index in [0.717, 1.165) is 10.0 Å². The van der Waals surface area contributed by atoms with E-state index in [2.05, 4.69) is 20.9 Å². The number of allylic oxidation sites excluding steroid dienone is 1. The highest BCUT2D eigenvalue weighted by Gasteiger charge is 1.99. The maximum atomic E-state index is 11.7. The van der Waals surface area contributed by atoms with Crippen molar-refractivity contribution in [2.45, 2.75) is 0 Å². The minimum Gasteiger partial charge on any atom is -0.289 e. The summed E-state index contributed by atoms with van der Waals surface area (Å²) in [6, 6.07) is 11.3. The number of benzene rings is 1. The first-order chi connectivity index (χ1) is 8.25. The first-order valence-electron chi connectivity index (χ1n) is 5.14. The van der Waals surface area contributed by atoms with Crippen LogP contribution in [0.3, 0.4) is 0 Å². The predicted molar refractivity (Wildman–Crippen MR) is 71.7 cm³/mol. The van der Waals surface area contributed by atoms with Crippen LogP contribution < -0.4 is 0 Å². The summed E-state index contributed by atoms with van der Waals surface area (Å²) in [7, 11) is 0. The van der Waals surface area contributed by atoms with Crippen LogP contribution in [-0.2, 0) is 0 Å². The first kappa shape index (κ1) is 11.7. The monoisotopic (exact) mass is 287 g/mol. The lowest BCUT2D eigenvalue weighted by Crippen LogP contribution is -1.93. The zero-order chi connectivity index (χ0) is 12.1. The molecule has 1 aromatic heterocycles. The smallest absolute Gasteiger partial charge is 0.187 e. The second-order valence-corrected chi connectivity index (χ2v) is 4.41. The summed E-state index contributed by atoms with van der Waals surface area (Å²) in [6.45, 7) is 0. The maximum absolute atomic E-state index is 11.7. The van der Waals surface area contributed by atoms with Crippen LogP contribution in [0.2, 0.25) is 0 Å². The number of hydrogen-bond acceptors (Lipinski definition) is 2. The van der Waals surface area contributed by atoms with Gasteiger partial charge in [0.15, 0.2) is 5.78 Å². The highest BCUT2D eigenvalue weighted by atomic mass is 79.9. The lowest BCUT2D eigenvalue weighted by Gasteiger charge is -1.95. The number of nitrogens with zero attached hydrogens (tertiary/aromatic N) is 1. The molecule has 17 heavy (non-hydrogen) atoms. The number of carbonyl (C=O) groups is 1. The van der Waals surface area contributed by atoms with Crippen LogP contribution in [0.15, 0.2) is 59.3 Å². The van der Waals surface area contributed by atoms with Crippen LogP contribution >= 0.6 is 15.9 Å². The zero-order valence-electron chi connectivity index (χ0n) is 9.01. The van der Waals surface area contributed by atoms with E-state index in [1.165, 1.54) is 0 Å². The Morgan fingerprint density at radius 1 is 1.18 bits per heavy atom. The van der Waals surface area contributed by atoms with Gasteiger partial charge in [-0.05, 0) is 35.9 Å². The molecule has 0 atom stereocenters. The van der Waals surface area contributed by atoms with Gasteiger partial charge < -0.3 is 0 Å². The van der Waals surface area contributed by atoms with Crippen LogP contribution in [-0.4, -0.2) is 10.8 Å². The molecular weight excluding hydrogens is 278 g/mol. The summed E-state index contributed by atoms with van der Waals surface area (Å²) in [5.41, 5.74) is 1.59. The molecule has 0 fully saturated rings. The van der Waals surface area contributed by atoms with Gasteiger partial charge in [0, 0.05) is 22.4 Å². The van der Waals surface area contributed by atoms with Crippen molar-refractivity contribution in [3.63, 3.8) is 0 Å². The van der Waals surface area contributed by atoms with Gasteiger partial charge in [0.1, 0.15) is 0 Å². The third-order valence-corrected chi connectivity index (χ3v) is 2.77. The molecule has 0 radical (unpaired) electrons. The SMILES string of the molecule is O=C(/C=C\c1ccc(Br)cc1)c1cccnc1. The van der Waals surface area contributed by atoms with Gasteiger partial charge >= 0.3 is 0 Å². The maximum Gasteiger partial charge on any atom is 0.187 e. The van der Waals surface area contributed by atoms with Gasteiger partial charge in [0.2, 0.25) is 0 Å². The fourth-order valence-electron chi connectivity index (χ4n) is 1.35. The second kappa shape index (κ2) is 5.55. The molecule has 0 spiro atoms. The van der Waals surface area contributed by atoms with Crippen molar-refractivity contribution >= 4 is 27.8 Å². The Labute approximate surface area is 108 Å². The Bertz CT molecular complexity index is 532. The lowest BCUT2D eigenvalue weighted by molar-refractivity contribution is 0.104. The van der Waals surface area contributed by atoms with Gasteiger partial charge in [-0.15, -0.1) is 0 Å². The Morgan fingerprint density at radius 3 is 2.59 bits per heavy atom. The fraction of sp³-hybridized carbons (Fsp3) is 0. The van der Waals surface area contributed by atoms with E-state index >= 15 is 0 Å². The molecule has 0 unspecified atom stereocenters. The minimum atomic E-state index is -0.0407. The van der Waals surface area contributed by atoms with Gasteiger partial charge in [-0.25, -0.2) is 0 Å². The van der Waals surface area contributed by atoms with Gasteiger partial charge in [-0.3, -0.25) is 9.78 Å². The molecule has 0 saturated carbocycles. The van der Waals surface area contributed by atoms with Crippen LogP contribution in [0.1, 0.15) is 15.9 Å². The highest BCUT2D eigenvalue weighted by Crippen LogP contribution is 2.12. The fourth-order valence-corrected chi connectivity index (χ4v) is 1.61. The molecule has 84 valence electrons. The molecule has 2 aromatic rings. The molecule has 0 amide bonds. The van der Waals surface area contributed by atoms with Crippen LogP contribution in [0.25, 0.3) is 6.08 Å². The number of pyridine rings is 1. The van der Waals surface area contributed by atoms with E-state index < -0.39 is 0 Å². The van der Waals surface area contributed by atoms with Crippen molar-refractivity contribution in [1.29, 1.82) is 0 Å². The lowest BCUT2D eigenvalue weighted by atomic mass is 10.1. The minimum absolute atomic E-state index is 0.0407. The summed E-state index contributed by atoms with van der Waals surface area (Å²) < 4.78 is 1.02. The van der Waals surface area contributed by atoms with E-state index in [1.807, 2.05) is 24.3 Å². The van der Waals surface area contributed by atoms with Crippen LogP contribution in [0.4, 0.5) is 0 Å². The Balaban J connectivity index is 2.11. The van der Waals surface area contributed by atoms with E-state index in [4.69, 9.17) is 0 Å². The van der Waals surface area contributed by atoms with E-state index in [1.54, 1.807) is 36.7 Å². The molecule has 0 saturated heterocycles. The molecule has 0 N–H and O–H groups in total. The molecule has 0 aliphatic carbocycles. The van der Waals surface area contributed by atoms with E-state index in [0.29, 0.717) is 5.56 Å². The third-order valence-electron chi connectivity index (χ3n) is 2.24. The van der Waals surface area contributed by atoms with Crippen LogP contribution in [0.5, 0.6) is 0 Å². The topological polar surface area (TPSA) is 30.0 Å². The molecule has 0 bridgehead atoms. The summed E-state index contributed by atoms with van der Waals surface area (Å²) in [6.07, 6.45) is 6.56. The average Bonchev–Trinajstić information content (AvgIpc) is 2.39. The predicted octanol–water partition coefficient (Wildman–Crippen LogP) is 3.74. The van der Waals surface area contributed by atoms with E-state index in [9.17, 15) is 4.79 Å². The van der Waals surface area contributed by atoms with Crippen molar-refractivity contribution in [2.75, 3.05) is 0 Å². The van der Waals surface area contributed by atoms with Crippen LogP contribution in [0, 0.1) is 0 Å². The number of carbonyl (C=O) groups excluding carboxylic acids is 1. The van der Waals surface area contributed by atoms with Crippen molar-refractivity contribution in [2.24, 2.45) is 0 Å². The summed E-state index contributed by atoms with van der Waals surface area (Å²) in [5, 5.41) is 0. The normalized spacial score (nSPS) is 10.6. The Hall–Kier alpha value is -1.74. The van der Waals surface area contributed by atoms with E-state index in [-0.39, 0.29) is 5.78 Å². The largest absolute Gasteiger partial charge is 0.289 e. The van der Waals surface area contributed by atoms with Crippen molar-refractivity contribution in [1.82, 2.24) is 4.98 Å². The zero-order valence-corrected chi connectivity index (χ0v) is 10.6. The molecule has 3 heteroatoms. The standard InChI is InChI=1S/C14H10BrNO/c15-13-6-3-11(4-7-13)5-8-14(17)12-2-1-9-16-10-12/h1-10H/b8-5-. The number of aromatic nitrogens is 1. The van der Waals surface area contributed by atoms with Gasteiger partial charge in [-0.1, -0.05) is 34.1 Å². The highest BCUT2D eigenvalue weighted by molar-refractivity contribution is 9.10. The van der Waals surface area contributed by atoms with Crippen molar-refractivity contribution in [3.05, 3.63) is 70.5 Å². The molecular formula is C14H10BrNO. The van der Waals surface area contributed by atoms with Gasteiger partial charge in [0.05, 0.1) is 0 Å². The second-order valence-electron chi connectivity index (χ2n) is 3.49. The summed E-state index contributed by atoms with van der Waals surface area (Å²) in [5.74, 6) is -0.0407. The number of hydrogen-bond donors (Lipinski definition) is 0. The summed E-state index contributed by atoms with van der Waals surface area (Å²) in [4.78, 5) is 15.7. The molecule has 1 aromatic carbocycles. The molecule has 0 aliphatic heterocycles. The van der Waals surface area contributed by atoms with Gasteiger partial charge in [0.25, 0.3) is 0 Å². The average molecular weight is 288 g/mol. The van der Waals surface area contributed by atoms with Gasteiger partial charge in [-0.2, -0.15) is 0 Å². The molecule has 2 nitrogen and oxygen atoms in total. The quantitative estimate of drug-likeness (QED) is 0.636. The Morgan fingerprint density at radius 2 is 1.94 bits per heavy atom. The Kier molecular flexibility index (Phi) is 3.83. The summed E-state index contributed by atoms with van der Waals surface area (Å²) >= 11 is 3.36. The van der Waals surface area contributed by atoms with Crippen molar-refractivity contribution in [3.8, 4) is 0 Å².